The van der Waals surface area contributed by atoms with Crippen LogP contribution < -0.4 is 16.4 Å². The van der Waals surface area contributed by atoms with Crippen LogP contribution in [-0.4, -0.2) is 36.9 Å². The van der Waals surface area contributed by atoms with E-state index in [0.717, 1.165) is 11.3 Å². The van der Waals surface area contributed by atoms with Crippen molar-refractivity contribution in [2.45, 2.75) is 25.7 Å². The van der Waals surface area contributed by atoms with Gasteiger partial charge in [-0.05, 0) is 31.2 Å². The summed E-state index contributed by atoms with van der Waals surface area (Å²) < 4.78 is 38.8. The molecule has 0 spiro atoms. The molecule has 4 rings (SSSR count). The first-order valence-electron chi connectivity index (χ1n) is 10.1. The number of aromatic nitrogens is 4. The maximum Gasteiger partial charge on any atom is 0.420 e. The Bertz CT molecular complexity index is 1420. The lowest BCUT2D eigenvalue weighted by Gasteiger charge is -2.11. The second-order valence-corrected chi connectivity index (χ2v) is 8.48. The Morgan fingerprint density at radius 2 is 1.97 bits per heavy atom. The molecule has 3 heterocycles. The summed E-state index contributed by atoms with van der Waals surface area (Å²) in [5.41, 5.74) is 5.97. The van der Waals surface area contributed by atoms with Crippen molar-refractivity contribution < 1.29 is 27.9 Å². The van der Waals surface area contributed by atoms with Crippen molar-refractivity contribution in [3.63, 3.8) is 0 Å². The van der Waals surface area contributed by atoms with Crippen molar-refractivity contribution in [3.05, 3.63) is 63.5 Å². The maximum atomic E-state index is 12.9. The summed E-state index contributed by atoms with van der Waals surface area (Å²) in [7, 11) is 0. The third kappa shape index (κ3) is 5.22. The van der Waals surface area contributed by atoms with Crippen molar-refractivity contribution in [1.82, 2.24) is 25.3 Å². The Labute approximate surface area is 199 Å². The summed E-state index contributed by atoms with van der Waals surface area (Å²) in [4.78, 5) is 40.3. The van der Waals surface area contributed by atoms with Gasteiger partial charge in [-0.3, -0.25) is 9.59 Å². The number of imidazole rings is 1. The van der Waals surface area contributed by atoms with Crippen LogP contribution in [0, 0.1) is 0 Å². The number of halogens is 3. The summed E-state index contributed by atoms with van der Waals surface area (Å²) in [6.07, 6.45) is -2.97. The van der Waals surface area contributed by atoms with E-state index in [-0.39, 0.29) is 23.1 Å². The Morgan fingerprint density at radius 1 is 1.20 bits per heavy atom. The van der Waals surface area contributed by atoms with E-state index in [4.69, 9.17) is 5.73 Å². The van der Waals surface area contributed by atoms with Gasteiger partial charge in [-0.15, -0.1) is 11.3 Å². The number of anilines is 1. The minimum Gasteiger partial charge on any atom is -0.506 e. The zero-order chi connectivity index (χ0) is 25.3. The minimum absolute atomic E-state index is 0.0951. The van der Waals surface area contributed by atoms with Crippen LogP contribution in [-0.2, 0) is 12.7 Å². The number of nitrogens with one attached hydrogen (secondary N) is 3. The number of carbonyl (C=O) groups is 2. The van der Waals surface area contributed by atoms with Crippen LogP contribution in [0.3, 0.4) is 0 Å². The van der Waals surface area contributed by atoms with E-state index >= 15 is 0 Å². The lowest BCUT2D eigenvalue weighted by Crippen LogP contribution is -2.26. The number of nitrogens with zero attached hydrogens (tertiary/aromatic N) is 3. The van der Waals surface area contributed by atoms with Crippen molar-refractivity contribution in [1.29, 1.82) is 0 Å². The van der Waals surface area contributed by atoms with E-state index < -0.39 is 29.4 Å². The summed E-state index contributed by atoms with van der Waals surface area (Å²) in [6.45, 7) is 1.91. The molecule has 0 saturated carbocycles. The molecule has 1 atom stereocenters. The molecule has 14 heteroatoms. The fourth-order valence-corrected chi connectivity index (χ4v) is 3.97. The highest BCUT2D eigenvalue weighted by molar-refractivity contribution is 7.13. The molecule has 0 aliphatic rings. The molecule has 35 heavy (non-hydrogen) atoms. The van der Waals surface area contributed by atoms with Crippen LogP contribution in [0.2, 0.25) is 0 Å². The quantitative estimate of drug-likeness (QED) is 0.269. The van der Waals surface area contributed by atoms with E-state index in [9.17, 15) is 27.9 Å². The molecule has 0 aliphatic carbocycles. The molecular formula is C21H18F3N7O3S. The lowest BCUT2D eigenvalue weighted by molar-refractivity contribution is -0.138. The Hall–Kier alpha value is -4.04. The number of carbonyl (C=O) groups excluding carboxylic acids is 2. The van der Waals surface area contributed by atoms with Gasteiger partial charge in [0.15, 0.2) is 0 Å². The number of hydrogen-bond donors (Lipinski definition) is 5. The second kappa shape index (κ2) is 9.31. The van der Waals surface area contributed by atoms with Crippen molar-refractivity contribution in [2.75, 3.05) is 5.32 Å². The van der Waals surface area contributed by atoms with Crippen molar-refractivity contribution in [2.24, 2.45) is 5.73 Å². The number of thiazole rings is 1. The fraction of sp³-hybridized carbons (Fsp3) is 0.190. The summed E-state index contributed by atoms with van der Waals surface area (Å²) >= 11 is 0.960. The number of aromatic hydroxyl groups is 1. The van der Waals surface area contributed by atoms with Gasteiger partial charge in [-0.25, -0.2) is 15.0 Å². The number of aromatic amines is 1. The van der Waals surface area contributed by atoms with E-state index in [1.807, 2.05) is 0 Å². The Morgan fingerprint density at radius 3 is 2.69 bits per heavy atom. The average Bonchev–Trinajstić information content (AvgIpc) is 3.46. The molecule has 0 fully saturated rings. The molecule has 0 aliphatic heterocycles. The molecule has 2 amide bonds. The maximum absolute atomic E-state index is 12.9. The number of amides is 2. The number of nitrogens with two attached hydrogens (primary N) is 1. The monoisotopic (exact) mass is 505 g/mol. The smallest absolute Gasteiger partial charge is 0.420 e. The third-order valence-electron chi connectivity index (χ3n) is 4.88. The Balaban J connectivity index is 1.43. The van der Waals surface area contributed by atoms with Gasteiger partial charge in [0, 0.05) is 5.56 Å². The molecule has 0 bridgehead atoms. The number of benzene rings is 1. The average molecular weight is 505 g/mol. The molecule has 0 unspecified atom stereocenters. The number of fused-ring (bicyclic) bond motifs is 1. The highest BCUT2D eigenvalue weighted by Crippen LogP contribution is 2.36. The summed E-state index contributed by atoms with van der Waals surface area (Å²) in [6, 6.07) is 4.92. The van der Waals surface area contributed by atoms with E-state index in [1.54, 1.807) is 25.1 Å². The molecule has 4 aromatic rings. The second-order valence-electron chi connectivity index (χ2n) is 7.42. The van der Waals surface area contributed by atoms with Gasteiger partial charge in [0.05, 0.1) is 36.0 Å². The normalized spacial score (nSPS) is 12.5. The van der Waals surface area contributed by atoms with Crippen LogP contribution in [0.1, 0.15) is 49.4 Å². The van der Waals surface area contributed by atoms with Gasteiger partial charge < -0.3 is 26.5 Å². The lowest BCUT2D eigenvalue weighted by atomic mass is 10.2. The van der Waals surface area contributed by atoms with Crippen LogP contribution >= 0.6 is 11.3 Å². The molecule has 3 aromatic heterocycles. The minimum atomic E-state index is -4.81. The molecule has 1 aromatic carbocycles. The predicted octanol–water partition coefficient (Wildman–Crippen LogP) is 3.34. The van der Waals surface area contributed by atoms with Gasteiger partial charge in [0.1, 0.15) is 32.8 Å². The van der Waals surface area contributed by atoms with Gasteiger partial charge >= 0.3 is 6.18 Å². The number of pyridine rings is 1. The first-order valence-corrected chi connectivity index (χ1v) is 10.9. The fourth-order valence-electron chi connectivity index (χ4n) is 3.16. The molecule has 6 N–H and O–H groups in total. The first-order chi connectivity index (χ1) is 16.5. The number of H-pyrrole nitrogens is 1. The van der Waals surface area contributed by atoms with Crippen LogP contribution in [0.15, 0.2) is 36.7 Å². The molecule has 182 valence electrons. The molecule has 0 radical (unpaired) electrons. The third-order valence-corrected chi connectivity index (χ3v) is 6.06. The van der Waals surface area contributed by atoms with E-state index in [1.165, 1.54) is 6.20 Å². The van der Waals surface area contributed by atoms with Gasteiger partial charge in [-0.2, -0.15) is 13.2 Å². The standard InChI is InChI=1S/C21H18F3N7O3S/c1-9(28-18(33)10-2-3-12-13(4-10)30-17(6-25)29-12)20-27-8-15(35-20)19(34)31-16-5-11(21(22,23)24)14(32)7-26-16/h2-5,7-9,32H,6,25H2,1H3,(H,28,33)(H,29,30)(H,26,31,34)/t9-/m1/s1. The van der Waals surface area contributed by atoms with Crippen molar-refractivity contribution >= 4 is 40.0 Å². The number of rotatable bonds is 6. The van der Waals surface area contributed by atoms with Crippen LogP contribution in [0.4, 0.5) is 19.0 Å². The van der Waals surface area contributed by atoms with E-state index in [0.29, 0.717) is 39.7 Å². The van der Waals surface area contributed by atoms with Crippen LogP contribution in [0.25, 0.3) is 11.0 Å². The van der Waals surface area contributed by atoms with Gasteiger partial charge in [0.2, 0.25) is 0 Å². The molecular weight excluding hydrogens is 487 g/mol. The van der Waals surface area contributed by atoms with E-state index in [2.05, 4.69) is 30.6 Å². The Kier molecular flexibility index (Phi) is 6.41. The SMILES string of the molecule is C[C@@H](NC(=O)c1ccc2nc(CN)[nH]c2c1)c1ncc(C(=O)Nc2cc(C(F)(F)F)c(O)cn2)s1. The van der Waals surface area contributed by atoms with Crippen molar-refractivity contribution in [3.8, 4) is 5.75 Å². The van der Waals surface area contributed by atoms with Crippen LogP contribution in [0.5, 0.6) is 5.75 Å². The largest absolute Gasteiger partial charge is 0.506 e. The zero-order valence-corrected chi connectivity index (χ0v) is 18.8. The summed E-state index contributed by atoms with van der Waals surface area (Å²) in [5, 5.41) is 14.8. The van der Waals surface area contributed by atoms with Gasteiger partial charge in [-0.1, -0.05) is 0 Å². The first kappa shape index (κ1) is 24.1. The zero-order valence-electron chi connectivity index (χ0n) is 18.0. The predicted molar refractivity (Wildman–Crippen MR) is 121 cm³/mol. The molecule has 0 saturated heterocycles. The highest BCUT2D eigenvalue weighted by Gasteiger charge is 2.34. The topological polar surface area (TPSA) is 159 Å². The highest BCUT2D eigenvalue weighted by atomic mass is 32.1. The molecule has 10 nitrogen and oxygen atoms in total. The number of alkyl halides is 3. The summed E-state index contributed by atoms with van der Waals surface area (Å²) in [5.74, 6) is -1.96. The number of hydrogen-bond acceptors (Lipinski definition) is 8. The van der Waals surface area contributed by atoms with Gasteiger partial charge in [0.25, 0.3) is 11.8 Å².